The third kappa shape index (κ3) is 13.3. The van der Waals surface area contributed by atoms with E-state index in [-0.39, 0.29) is 23.4 Å². The van der Waals surface area contributed by atoms with E-state index in [9.17, 15) is 29.8 Å². The third-order valence-electron chi connectivity index (χ3n) is 9.00. The van der Waals surface area contributed by atoms with Gasteiger partial charge in [0.05, 0.1) is 47.4 Å². The molecule has 9 rings (SSSR count). The number of urea groups is 2. The number of nitro benzene ring substituents is 2. The second-order valence-electron chi connectivity index (χ2n) is 13.3. The van der Waals surface area contributed by atoms with Crippen molar-refractivity contribution in [1.82, 2.24) is 40.4 Å². The lowest BCUT2D eigenvalue weighted by Crippen LogP contribution is -2.43. The van der Waals surface area contributed by atoms with Crippen LogP contribution >= 0.6 is 34.0 Å². The second kappa shape index (κ2) is 23.6. The molecule has 6 heterocycles. The number of nitrogens with zero attached hydrogens (tertiary/aromatic N) is 10. The number of carbonyl (C=O) groups is 2. The van der Waals surface area contributed by atoms with Gasteiger partial charge in [-0.15, -0.1) is 30.6 Å². The Labute approximate surface area is 376 Å². The van der Waals surface area contributed by atoms with Crippen molar-refractivity contribution in [2.45, 2.75) is 12.8 Å². The van der Waals surface area contributed by atoms with E-state index in [0.717, 1.165) is 41.5 Å². The van der Waals surface area contributed by atoms with Crippen molar-refractivity contribution in [3.05, 3.63) is 93.0 Å². The second-order valence-corrected chi connectivity index (χ2v) is 16.2. The molecule has 0 atom stereocenters. The summed E-state index contributed by atoms with van der Waals surface area (Å²) in [5, 5.41) is 53.1. The number of nitrogen functional groups attached to an aromatic ring is 2. The van der Waals surface area contributed by atoms with E-state index in [1.807, 2.05) is 24.3 Å². The number of nitrogens with two attached hydrogens (primary N) is 2. The van der Waals surface area contributed by atoms with Crippen LogP contribution in [0.4, 0.5) is 42.0 Å². The highest BCUT2D eigenvalue weighted by molar-refractivity contribution is 7.19. The number of rotatable bonds is 7. The number of hydrogen-bond acceptors (Lipinski definition) is 20. The topological polar surface area (TPSA) is 308 Å². The van der Waals surface area contributed by atoms with Gasteiger partial charge in [-0.2, -0.15) is 0 Å². The number of morpholine rings is 2. The predicted octanol–water partition coefficient (Wildman–Crippen LogP) is 6.12. The first-order chi connectivity index (χ1) is 31.1. The van der Waals surface area contributed by atoms with Crippen LogP contribution in [0.5, 0.6) is 0 Å². The Morgan fingerprint density at radius 2 is 0.938 bits per heavy atom. The maximum Gasteiger partial charge on any atom is 0.323 e. The van der Waals surface area contributed by atoms with Crippen LogP contribution in [0.3, 0.4) is 0 Å². The van der Waals surface area contributed by atoms with Gasteiger partial charge in [-0.3, -0.25) is 30.9 Å². The number of aromatic nitrogens is 6. The summed E-state index contributed by atoms with van der Waals surface area (Å²) in [6, 6.07) is 19.6. The summed E-state index contributed by atoms with van der Waals surface area (Å²) in [6.07, 6.45) is 2.56. The van der Waals surface area contributed by atoms with Crippen LogP contribution in [-0.2, 0) is 14.2 Å². The van der Waals surface area contributed by atoms with Gasteiger partial charge in [-0.05, 0) is 37.1 Å². The number of hydrogen-bond donors (Lipinski definition) is 4. The number of carbonyl (C=O) groups excluding carboxylic acids is 2. The highest BCUT2D eigenvalue weighted by Crippen LogP contribution is 2.34. The van der Waals surface area contributed by atoms with Gasteiger partial charge in [-0.25, -0.2) is 9.59 Å². The third-order valence-corrected chi connectivity index (χ3v) is 11.5. The van der Waals surface area contributed by atoms with Gasteiger partial charge in [0.2, 0.25) is 15.4 Å². The van der Waals surface area contributed by atoms with E-state index >= 15 is 0 Å². The lowest BCUT2D eigenvalue weighted by molar-refractivity contribution is -0.384. The van der Waals surface area contributed by atoms with E-state index in [0.29, 0.717) is 99.8 Å². The zero-order chi connectivity index (χ0) is 45.3. The number of nitro groups is 2. The summed E-state index contributed by atoms with van der Waals surface area (Å²) >= 11 is 3.52. The monoisotopic (exact) mass is 934 g/mol. The fraction of sp³-hybridized carbons (Fsp3) is 0.316. The Balaban J connectivity index is 0.000000153. The molecule has 3 aromatic carbocycles. The van der Waals surface area contributed by atoms with Crippen molar-refractivity contribution in [2.75, 3.05) is 87.9 Å². The molecule has 3 aliphatic rings. The lowest BCUT2D eigenvalue weighted by Gasteiger charge is -2.26. The summed E-state index contributed by atoms with van der Waals surface area (Å²) in [7, 11) is 0. The molecule has 3 saturated heterocycles. The lowest BCUT2D eigenvalue weighted by atomic mass is 10.2. The normalized spacial score (nSPS) is 14.4. The van der Waals surface area contributed by atoms with E-state index in [4.69, 9.17) is 25.7 Å². The summed E-state index contributed by atoms with van der Waals surface area (Å²) < 4.78 is 15.3. The molecule has 3 aromatic heterocycles. The number of para-hydroxylation sites is 3. The van der Waals surface area contributed by atoms with Gasteiger partial charge in [0.15, 0.2) is 15.0 Å². The van der Waals surface area contributed by atoms with Crippen molar-refractivity contribution in [3.63, 3.8) is 0 Å². The number of anilines is 4. The van der Waals surface area contributed by atoms with Crippen molar-refractivity contribution in [1.29, 1.82) is 0 Å². The van der Waals surface area contributed by atoms with Crippen LogP contribution in [0.25, 0.3) is 31.7 Å². The van der Waals surface area contributed by atoms with E-state index in [2.05, 4.69) is 41.2 Å². The summed E-state index contributed by atoms with van der Waals surface area (Å²) in [4.78, 5) is 48.3. The highest BCUT2D eigenvalue weighted by Gasteiger charge is 2.22. The van der Waals surface area contributed by atoms with Gasteiger partial charge in [0.25, 0.3) is 11.4 Å². The summed E-state index contributed by atoms with van der Waals surface area (Å²) in [5.41, 5.74) is 13.6. The van der Waals surface area contributed by atoms with E-state index in [1.165, 1.54) is 36.3 Å². The van der Waals surface area contributed by atoms with Gasteiger partial charge in [-0.1, -0.05) is 70.4 Å². The molecule has 3 aliphatic heterocycles. The molecule has 26 heteroatoms. The number of amides is 4. The van der Waals surface area contributed by atoms with Crippen LogP contribution in [0.1, 0.15) is 12.8 Å². The van der Waals surface area contributed by atoms with Crippen LogP contribution in [-0.4, -0.2) is 128 Å². The Morgan fingerprint density at radius 3 is 1.34 bits per heavy atom. The minimum absolute atomic E-state index is 0.00801. The molecule has 6 N–H and O–H groups in total. The van der Waals surface area contributed by atoms with Gasteiger partial charge < -0.3 is 35.5 Å². The fourth-order valence-corrected chi connectivity index (χ4v) is 8.00. The zero-order valence-electron chi connectivity index (χ0n) is 33.9. The average molecular weight is 935 g/mol. The first-order valence-corrected chi connectivity index (χ1v) is 22.0. The molecule has 336 valence electrons. The molecule has 4 amide bonds. The highest BCUT2D eigenvalue weighted by atomic mass is 32.1. The van der Waals surface area contributed by atoms with Crippen LogP contribution < -0.4 is 22.1 Å². The average Bonchev–Trinajstić information content (AvgIpc) is 4.19. The minimum Gasteiger partial charge on any atom is -0.398 e. The Hall–Kier alpha value is -6.84. The van der Waals surface area contributed by atoms with Crippen LogP contribution in [0, 0.1) is 20.2 Å². The quantitative estimate of drug-likeness (QED) is 0.0795. The minimum atomic E-state index is -0.470. The zero-order valence-corrected chi connectivity index (χ0v) is 36.4. The molecule has 0 spiro atoms. The smallest absolute Gasteiger partial charge is 0.323 e. The molecule has 64 heavy (non-hydrogen) atoms. The molecular weight excluding hydrogens is 893 g/mol. The van der Waals surface area contributed by atoms with Crippen LogP contribution in [0.15, 0.2) is 72.8 Å². The molecule has 0 unspecified atom stereocenters. The predicted molar refractivity (Wildman–Crippen MR) is 241 cm³/mol. The Bertz CT molecular complexity index is 2480. The first-order valence-electron chi connectivity index (χ1n) is 19.5. The number of nitrogens with one attached hydrogen (secondary N) is 2. The standard InChI is InChI=1S/C13H13N5O4S.C13H15N5O2S.C8H6N4O2S.C4H8O/c19-13(17-5-7-22-8-6-17)14-12-16-15-11(23-12)9-3-1-2-4-10(9)18(20)21;14-10-4-2-1-3-9(10)11-16-17-12(21-11)15-13(19)18-5-7-20-8-6-18;9-8-11-10-7(15-8)5-3-1-2-4-6(5)12(13)14;1-2-4-5-3-1/h1-4H,5-8H2,(H,14,16,19);1-4H,5-8,14H2,(H,15,17,19);1-4H,(H2,9,11);1-4H2. The van der Waals surface area contributed by atoms with Gasteiger partial charge >= 0.3 is 12.1 Å². The van der Waals surface area contributed by atoms with Crippen molar-refractivity contribution < 1.29 is 33.6 Å². The van der Waals surface area contributed by atoms with Crippen molar-refractivity contribution in [3.8, 4) is 31.7 Å². The molecule has 0 bridgehead atoms. The molecule has 0 aliphatic carbocycles. The maximum atomic E-state index is 12.1. The number of benzene rings is 3. The van der Waals surface area contributed by atoms with E-state index in [1.54, 1.807) is 46.2 Å². The van der Waals surface area contributed by atoms with Gasteiger partial charge in [0, 0.05) is 62.8 Å². The Morgan fingerprint density at radius 1 is 0.547 bits per heavy atom. The molecule has 0 saturated carbocycles. The van der Waals surface area contributed by atoms with Crippen molar-refractivity contribution >= 4 is 78.5 Å². The van der Waals surface area contributed by atoms with Crippen LogP contribution in [0.2, 0.25) is 0 Å². The SMILES string of the molecule is C1CCOC1.Nc1ccccc1-c1nnc(NC(=O)N2CCOCC2)s1.Nc1nnc(-c2ccccc2[N+](=O)[O-])s1.O=C(Nc1nnc(-c2ccccc2[N+](=O)[O-])s1)N1CCOCC1. The molecule has 0 radical (unpaired) electrons. The molecular formula is C38H42N14O9S3. The van der Waals surface area contributed by atoms with Crippen molar-refractivity contribution in [2.24, 2.45) is 0 Å². The molecule has 23 nitrogen and oxygen atoms in total. The molecule has 3 fully saturated rings. The largest absolute Gasteiger partial charge is 0.398 e. The Kier molecular flexibility index (Phi) is 17.2. The van der Waals surface area contributed by atoms with E-state index < -0.39 is 9.85 Å². The fourth-order valence-electron chi connectivity index (χ4n) is 5.81. The summed E-state index contributed by atoms with van der Waals surface area (Å²) in [6.45, 7) is 6.34. The number of ether oxygens (including phenoxy) is 3. The molecule has 6 aromatic rings. The summed E-state index contributed by atoms with van der Waals surface area (Å²) in [5.74, 6) is 0. The van der Waals surface area contributed by atoms with Gasteiger partial charge in [0.1, 0.15) is 0 Å². The maximum absolute atomic E-state index is 12.1. The first kappa shape index (κ1) is 46.7.